The number of benzene rings is 1. The fourth-order valence-corrected chi connectivity index (χ4v) is 5.29. The molecule has 0 radical (unpaired) electrons. The number of aliphatic carboxylic acids is 1. The predicted octanol–water partition coefficient (Wildman–Crippen LogP) is -6.09. The van der Waals surface area contributed by atoms with Gasteiger partial charge in [-0.1, -0.05) is 12.1 Å². The first kappa shape index (κ1) is 44.3. The first-order valence-corrected chi connectivity index (χ1v) is 16.8. The minimum Gasteiger partial charge on any atom is -0.508 e. The van der Waals surface area contributed by atoms with E-state index in [4.69, 9.17) is 17.2 Å². The lowest BCUT2D eigenvalue weighted by molar-refractivity contribution is -0.150. The third-order valence-corrected chi connectivity index (χ3v) is 8.24. The molecule has 1 aliphatic rings. The number of likely N-dealkylation sites (tertiary alicyclic amines) is 1. The quantitative estimate of drug-likeness (QED) is 0.0523. The van der Waals surface area contributed by atoms with Gasteiger partial charge in [0.25, 0.3) is 0 Å². The number of carboxylic acids is 1. The Morgan fingerprint density at radius 1 is 0.741 bits per heavy atom. The van der Waals surface area contributed by atoms with Crippen molar-refractivity contribution in [3.8, 4) is 5.75 Å². The van der Waals surface area contributed by atoms with Crippen molar-refractivity contribution < 1.29 is 63.6 Å². The van der Waals surface area contributed by atoms with Gasteiger partial charge in [-0.3, -0.25) is 38.4 Å². The van der Waals surface area contributed by atoms with E-state index >= 15 is 0 Å². The number of nitrogens with one attached hydrogen (secondary N) is 5. The maximum Gasteiger partial charge on any atom is 0.326 e. The molecule has 1 saturated heterocycles. The van der Waals surface area contributed by atoms with Crippen molar-refractivity contribution in [3.05, 3.63) is 29.8 Å². The number of aliphatic hydroxyl groups is 2. The summed E-state index contributed by atoms with van der Waals surface area (Å²) in [7, 11) is 0. The topological polar surface area (TPSA) is 376 Å². The molecule has 0 bridgehead atoms. The van der Waals surface area contributed by atoms with E-state index in [1.54, 1.807) is 0 Å². The van der Waals surface area contributed by atoms with Crippen LogP contribution in [0.1, 0.15) is 44.1 Å². The zero-order valence-electron chi connectivity index (χ0n) is 29.2. The van der Waals surface area contributed by atoms with Gasteiger partial charge >= 0.3 is 5.97 Å². The molecule has 8 amide bonds. The van der Waals surface area contributed by atoms with E-state index in [1.165, 1.54) is 24.3 Å². The summed E-state index contributed by atoms with van der Waals surface area (Å²) < 4.78 is 0. The van der Waals surface area contributed by atoms with Crippen LogP contribution in [0.15, 0.2) is 24.3 Å². The van der Waals surface area contributed by atoms with Gasteiger partial charge in [-0.05, 0) is 43.4 Å². The molecule has 1 fully saturated rings. The third kappa shape index (κ3) is 14.3. The van der Waals surface area contributed by atoms with Crippen LogP contribution in [-0.4, -0.2) is 141 Å². The molecule has 298 valence electrons. The molecule has 0 aromatic heterocycles. The SMILES string of the molecule is NC(=O)CC[C@H](NC(=O)[C@@H](N)CCC(N)=O)C(=O)N[C@@H](Cc1ccc(O)cc1)C(=O)NCC(=O)N[C@@H](CO)C(=O)N[C@@H](CO)C(=O)N1CCC[C@H]1C(=O)O. The first-order chi connectivity index (χ1) is 25.5. The average Bonchev–Trinajstić information content (AvgIpc) is 3.63. The van der Waals surface area contributed by atoms with Crippen molar-refractivity contribution in [1.82, 2.24) is 31.5 Å². The molecule has 1 aromatic carbocycles. The molecular weight excluding hydrogens is 718 g/mol. The average molecular weight is 766 g/mol. The van der Waals surface area contributed by atoms with Crippen molar-refractivity contribution in [2.45, 2.75) is 81.2 Å². The standard InChI is InChI=1S/C32H47N9O13/c33-18(7-9-24(34)45)27(48)38-19(8-10-25(35)46)29(50)39-20(12-16-3-5-17(44)6-4-16)28(49)36-13-26(47)37-21(14-42)30(51)40-22(15-43)31(52)41-11-1-2-23(41)32(53)54/h3-6,18-23,42-44H,1-2,7-15,33H2,(H2,34,45)(H2,35,46)(H,36,49)(H,37,47)(H,38,48)(H,39,50)(H,40,51)(H,53,54)/t18-,19-,20-,21-,22-,23-/m0/s1. The summed E-state index contributed by atoms with van der Waals surface area (Å²) in [5.74, 6) is -8.65. The molecule has 1 heterocycles. The number of hydrogen-bond donors (Lipinski definition) is 12. The second-order valence-electron chi connectivity index (χ2n) is 12.4. The monoisotopic (exact) mass is 765 g/mol. The number of carbonyl (C=O) groups is 9. The van der Waals surface area contributed by atoms with Crippen LogP contribution in [0, 0.1) is 0 Å². The molecule has 6 atom stereocenters. The van der Waals surface area contributed by atoms with E-state index < -0.39 is 109 Å². The van der Waals surface area contributed by atoms with Gasteiger partial charge in [0.1, 0.15) is 36.0 Å². The summed E-state index contributed by atoms with van der Waals surface area (Å²) in [6.07, 6.45) is -0.703. The van der Waals surface area contributed by atoms with E-state index in [-0.39, 0.29) is 50.8 Å². The lowest BCUT2D eigenvalue weighted by atomic mass is 10.0. The Kier molecular flexibility index (Phi) is 17.7. The maximum absolute atomic E-state index is 13.4. The number of phenols is 1. The van der Waals surface area contributed by atoms with E-state index in [0.717, 1.165) is 4.90 Å². The first-order valence-electron chi connectivity index (χ1n) is 16.8. The summed E-state index contributed by atoms with van der Waals surface area (Å²) >= 11 is 0. The van der Waals surface area contributed by atoms with E-state index in [9.17, 15) is 63.6 Å². The van der Waals surface area contributed by atoms with Crippen LogP contribution in [0.25, 0.3) is 0 Å². The Morgan fingerprint density at radius 3 is 1.87 bits per heavy atom. The highest BCUT2D eigenvalue weighted by molar-refractivity contribution is 5.96. The number of hydrogen-bond acceptors (Lipinski definition) is 13. The van der Waals surface area contributed by atoms with Crippen LogP contribution in [0.3, 0.4) is 0 Å². The molecule has 0 saturated carbocycles. The number of primary amides is 2. The highest BCUT2D eigenvalue weighted by atomic mass is 16.4. The normalized spacial score (nSPS) is 16.4. The highest BCUT2D eigenvalue weighted by Gasteiger charge is 2.38. The minimum atomic E-state index is -1.68. The van der Waals surface area contributed by atoms with Gasteiger partial charge in [-0.15, -0.1) is 0 Å². The van der Waals surface area contributed by atoms with Crippen molar-refractivity contribution in [3.63, 3.8) is 0 Å². The molecule has 1 aliphatic heterocycles. The molecule has 0 unspecified atom stereocenters. The summed E-state index contributed by atoms with van der Waals surface area (Å²) in [5, 5.41) is 49.9. The lowest BCUT2D eigenvalue weighted by Crippen LogP contribution is -2.59. The minimum absolute atomic E-state index is 0.0749. The van der Waals surface area contributed by atoms with Gasteiger partial charge in [0.15, 0.2) is 0 Å². The lowest BCUT2D eigenvalue weighted by Gasteiger charge is -2.27. The third-order valence-electron chi connectivity index (χ3n) is 8.24. The number of phenolic OH excluding ortho intramolecular Hbond substituents is 1. The van der Waals surface area contributed by atoms with Gasteiger partial charge in [0.2, 0.25) is 47.3 Å². The zero-order valence-corrected chi connectivity index (χ0v) is 29.2. The van der Waals surface area contributed by atoms with Crippen molar-refractivity contribution in [2.75, 3.05) is 26.3 Å². The van der Waals surface area contributed by atoms with Gasteiger partial charge in [0, 0.05) is 25.8 Å². The molecule has 0 spiro atoms. The van der Waals surface area contributed by atoms with E-state index in [2.05, 4.69) is 26.6 Å². The molecule has 1 aromatic rings. The second kappa shape index (κ2) is 21.6. The Labute approximate surface area is 308 Å². The van der Waals surface area contributed by atoms with E-state index in [1.807, 2.05) is 0 Å². The zero-order chi connectivity index (χ0) is 40.5. The molecule has 2 rings (SSSR count). The predicted molar refractivity (Wildman–Crippen MR) is 184 cm³/mol. The summed E-state index contributed by atoms with van der Waals surface area (Å²) in [6.45, 7) is -2.63. The van der Waals surface area contributed by atoms with Crippen LogP contribution in [0.2, 0.25) is 0 Å². The maximum atomic E-state index is 13.4. The van der Waals surface area contributed by atoms with Crippen LogP contribution < -0.4 is 43.8 Å². The fraction of sp³-hybridized carbons (Fsp3) is 0.531. The summed E-state index contributed by atoms with van der Waals surface area (Å²) in [4.78, 5) is 113. The number of rotatable bonds is 22. The Balaban J connectivity index is 2.14. The van der Waals surface area contributed by atoms with Crippen molar-refractivity contribution in [2.24, 2.45) is 17.2 Å². The van der Waals surface area contributed by atoms with Crippen molar-refractivity contribution >= 4 is 53.2 Å². The van der Waals surface area contributed by atoms with Gasteiger partial charge in [-0.25, -0.2) is 4.79 Å². The number of carbonyl (C=O) groups excluding carboxylic acids is 8. The van der Waals surface area contributed by atoms with Crippen LogP contribution in [-0.2, 0) is 49.6 Å². The number of amides is 8. The smallest absolute Gasteiger partial charge is 0.326 e. The number of carboxylic acid groups (broad SMARTS) is 1. The number of nitrogens with zero attached hydrogens (tertiary/aromatic N) is 1. The summed E-state index contributed by atoms with van der Waals surface area (Å²) in [6, 6.07) is -3.05. The number of nitrogens with two attached hydrogens (primary N) is 3. The Bertz CT molecular complexity index is 1540. The number of aliphatic hydroxyl groups excluding tert-OH is 2. The van der Waals surface area contributed by atoms with Gasteiger partial charge < -0.3 is 69.1 Å². The number of aromatic hydroxyl groups is 1. The molecule has 22 heteroatoms. The molecule has 54 heavy (non-hydrogen) atoms. The van der Waals surface area contributed by atoms with Crippen molar-refractivity contribution in [1.29, 1.82) is 0 Å². The van der Waals surface area contributed by atoms with Crippen LogP contribution >= 0.6 is 0 Å². The van der Waals surface area contributed by atoms with Crippen LogP contribution in [0.5, 0.6) is 5.75 Å². The highest BCUT2D eigenvalue weighted by Crippen LogP contribution is 2.18. The molecule has 15 N–H and O–H groups in total. The molecule has 22 nitrogen and oxygen atoms in total. The molecular formula is C32H47N9O13. The Hall–Kier alpha value is -5.87. The largest absolute Gasteiger partial charge is 0.508 e. The van der Waals surface area contributed by atoms with E-state index in [0.29, 0.717) is 12.0 Å². The summed E-state index contributed by atoms with van der Waals surface area (Å²) in [5.41, 5.74) is 16.5. The van der Waals surface area contributed by atoms with Gasteiger partial charge in [-0.2, -0.15) is 0 Å². The van der Waals surface area contributed by atoms with Gasteiger partial charge in [0.05, 0.1) is 25.8 Å². The molecule has 0 aliphatic carbocycles. The van der Waals surface area contributed by atoms with Crippen LogP contribution in [0.4, 0.5) is 0 Å². The Morgan fingerprint density at radius 2 is 1.30 bits per heavy atom. The fourth-order valence-electron chi connectivity index (χ4n) is 5.29. The second-order valence-corrected chi connectivity index (χ2v) is 12.4.